The maximum atomic E-state index is 11.7. The summed E-state index contributed by atoms with van der Waals surface area (Å²) in [6.45, 7) is 0. The summed E-state index contributed by atoms with van der Waals surface area (Å²) in [7, 11) is 1.86. The molecule has 14 heavy (non-hydrogen) atoms. The smallest absolute Gasteiger partial charge is 0.164 e. The molecule has 0 aliphatic heterocycles. The van der Waals surface area contributed by atoms with Crippen LogP contribution in [0.25, 0.3) is 0 Å². The van der Waals surface area contributed by atoms with Crippen molar-refractivity contribution in [2.45, 2.75) is 25.7 Å². The summed E-state index contributed by atoms with van der Waals surface area (Å²) in [5.41, 5.74) is 1.86. The van der Waals surface area contributed by atoms with Crippen molar-refractivity contribution in [3.63, 3.8) is 0 Å². The predicted molar refractivity (Wildman–Crippen MR) is 53.9 cm³/mol. The highest BCUT2D eigenvalue weighted by Crippen LogP contribution is 2.19. The lowest BCUT2D eigenvalue weighted by Gasteiger charge is -1.98. The van der Waals surface area contributed by atoms with E-state index in [0.29, 0.717) is 6.42 Å². The summed E-state index contributed by atoms with van der Waals surface area (Å²) in [6, 6.07) is 1.90. The van der Waals surface area contributed by atoms with Gasteiger partial charge in [0.25, 0.3) is 0 Å². The maximum absolute atomic E-state index is 11.7. The van der Waals surface area contributed by atoms with Gasteiger partial charge in [-0.05, 0) is 30.9 Å². The Morgan fingerprint density at radius 3 is 3.07 bits per heavy atom. The van der Waals surface area contributed by atoms with E-state index in [0.717, 1.165) is 30.5 Å². The zero-order valence-electron chi connectivity index (χ0n) is 8.36. The van der Waals surface area contributed by atoms with Gasteiger partial charge in [0.1, 0.15) is 0 Å². The molecule has 0 N–H and O–H groups in total. The van der Waals surface area contributed by atoms with Gasteiger partial charge < -0.3 is 0 Å². The first-order valence-corrected chi connectivity index (χ1v) is 4.96. The molecule has 0 radical (unpaired) electrons. The van der Waals surface area contributed by atoms with Crippen molar-refractivity contribution in [3.8, 4) is 0 Å². The lowest BCUT2D eigenvalue weighted by molar-refractivity contribution is -0.115. The van der Waals surface area contributed by atoms with Gasteiger partial charge in [-0.2, -0.15) is 5.10 Å². The fourth-order valence-corrected chi connectivity index (χ4v) is 1.76. The van der Waals surface area contributed by atoms with E-state index in [1.807, 2.05) is 19.3 Å². The summed E-state index contributed by atoms with van der Waals surface area (Å²) in [5.74, 6) is 0.237. The van der Waals surface area contributed by atoms with E-state index in [-0.39, 0.29) is 5.78 Å². The van der Waals surface area contributed by atoms with Gasteiger partial charge in [0.15, 0.2) is 5.78 Å². The first-order valence-electron chi connectivity index (χ1n) is 4.96. The number of aromatic nitrogens is 2. The Balaban J connectivity index is 2.01. The third-order valence-corrected chi connectivity index (χ3v) is 2.51. The molecule has 2 rings (SSSR count). The van der Waals surface area contributed by atoms with E-state index in [9.17, 15) is 4.79 Å². The van der Waals surface area contributed by atoms with E-state index in [1.165, 1.54) is 0 Å². The van der Waals surface area contributed by atoms with Crippen LogP contribution in [0.3, 0.4) is 0 Å². The Kier molecular flexibility index (Phi) is 2.48. The van der Waals surface area contributed by atoms with E-state index in [4.69, 9.17) is 0 Å². The minimum absolute atomic E-state index is 0.237. The molecule has 0 saturated heterocycles. The Morgan fingerprint density at radius 1 is 1.64 bits per heavy atom. The Morgan fingerprint density at radius 2 is 2.50 bits per heavy atom. The summed E-state index contributed by atoms with van der Waals surface area (Å²) in [6.07, 6.45) is 7.52. The molecule has 1 aliphatic rings. The Hall–Kier alpha value is -1.38. The summed E-state index contributed by atoms with van der Waals surface area (Å²) in [4.78, 5) is 11.7. The molecule has 0 spiro atoms. The number of nitrogens with zero attached hydrogens (tertiary/aromatic N) is 2. The van der Waals surface area contributed by atoms with Crippen molar-refractivity contribution in [1.82, 2.24) is 9.78 Å². The molecule has 74 valence electrons. The number of aryl methyl sites for hydroxylation is 1. The van der Waals surface area contributed by atoms with Gasteiger partial charge in [0.2, 0.25) is 0 Å². The first kappa shape index (κ1) is 9.19. The first-order chi connectivity index (χ1) is 6.75. The van der Waals surface area contributed by atoms with Crippen molar-refractivity contribution < 1.29 is 4.79 Å². The molecule has 3 nitrogen and oxygen atoms in total. The molecule has 0 aromatic carbocycles. The largest absolute Gasteiger partial charge is 0.294 e. The number of hydrogen-bond donors (Lipinski definition) is 0. The van der Waals surface area contributed by atoms with E-state index in [2.05, 4.69) is 11.2 Å². The van der Waals surface area contributed by atoms with Gasteiger partial charge in [-0.1, -0.05) is 6.08 Å². The van der Waals surface area contributed by atoms with Crippen LogP contribution in [-0.2, 0) is 18.3 Å². The van der Waals surface area contributed by atoms with Gasteiger partial charge >= 0.3 is 0 Å². The molecule has 0 atom stereocenters. The number of ketones is 1. The van der Waals surface area contributed by atoms with Crippen LogP contribution in [-0.4, -0.2) is 15.6 Å². The molecule has 0 unspecified atom stereocenters. The molecule has 3 heteroatoms. The molecular weight excluding hydrogens is 176 g/mol. The average molecular weight is 190 g/mol. The molecule has 0 bridgehead atoms. The standard InChI is InChI=1S/C11H14N2O/c1-13-7-6-10(12-13)8-11(14)9-4-2-3-5-9/h4,6-7H,2-3,5,8H2,1H3. The van der Waals surface area contributed by atoms with Gasteiger partial charge in [-0.3, -0.25) is 9.48 Å². The predicted octanol–water partition coefficient (Wildman–Crippen LogP) is 1.64. The van der Waals surface area contributed by atoms with E-state index in [1.54, 1.807) is 4.68 Å². The zero-order valence-corrected chi connectivity index (χ0v) is 8.36. The molecule has 1 aromatic heterocycles. The summed E-state index contributed by atoms with van der Waals surface area (Å²) < 4.78 is 1.73. The average Bonchev–Trinajstić information content (AvgIpc) is 2.75. The van der Waals surface area contributed by atoms with Crippen LogP contribution in [0.1, 0.15) is 25.0 Å². The second kappa shape index (κ2) is 3.78. The quantitative estimate of drug-likeness (QED) is 0.726. The van der Waals surface area contributed by atoms with Crippen molar-refractivity contribution in [2.24, 2.45) is 7.05 Å². The van der Waals surface area contributed by atoms with E-state index >= 15 is 0 Å². The van der Waals surface area contributed by atoms with Gasteiger partial charge in [-0.25, -0.2) is 0 Å². The highest BCUT2D eigenvalue weighted by Gasteiger charge is 2.14. The van der Waals surface area contributed by atoms with Crippen LogP contribution < -0.4 is 0 Å². The number of carbonyl (C=O) groups excluding carboxylic acids is 1. The third kappa shape index (κ3) is 1.92. The molecule has 0 amide bonds. The number of carbonyl (C=O) groups is 1. The lowest BCUT2D eigenvalue weighted by Crippen LogP contribution is -2.05. The number of rotatable bonds is 3. The Bertz CT molecular complexity index is 376. The third-order valence-electron chi connectivity index (χ3n) is 2.51. The second-order valence-electron chi connectivity index (χ2n) is 3.70. The number of hydrogen-bond acceptors (Lipinski definition) is 2. The van der Waals surface area contributed by atoms with Crippen LogP contribution in [0.5, 0.6) is 0 Å². The number of Topliss-reactive ketones (excluding diaryl/α,β-unsaturated/α-hetero) is 1. The fourth-order valence-electron chi connectivity index (χ4n) is 1.76. The highest BCUT2D eigenvalue weighted by atomic mass is 16.1. The van der Waals surface area contributed by atoms with Crippen LogP contribution >= 0.6 is 0 Å². The van der Waals surface area contributed by atoms with Crippen LogP contribution in [0.4, 0.5) is 0 Å². The molecule has 0 fully saturated rings. The lowest BCUT2D eigenvalue weighted by atomic mass is 10.1. The van der Waals surface area contributed by atoms with Gasteiger partial charge in [-0.15, -0.1) is 0 Å². The molecule has 0 saturated carbocycles. The van der Waals surface area contributed by atoms with Crippen LogP contribution in [0, 0.1) is 0 Å². The summed E-state index contributed by atoms with van der Waals surface area (Å²) >= 11 is 0. The fraction of sp³-hybridized carbons (Fsp3) is 0.455. The molecule has 1 aliphatic carbocycles. The van der Waals surface area contributed by atoms with Crippen LogP contribution in [0.2, 0.25) is 0 Å². The van der Waals surface area contributed by atoms with Crippen LogP contribution in [0.15, 0.2) is 23.9 Å². The van der Waals surface area contributed by atoms with Gasteiger partial charge in [0.05, 0.1) is 12.1 Å². The molecule has 1 heterocycles. The van der Waals surface area contributed by atoms with Crippen molar-refractivity contribution in [3.05, 3.63) is 29.6 Å². The second-order valence-corrected chi connectivity index (χ2v) is 3.70. The zero-order chi connectivity index (χ0) is 9.97. The SMILES string of the molecule is Cn1ccc(CC(=O)C2=CCCC2)n1. The number of allylic oxidation sites excluding steroid dienone is 2. The maximum Gasteiger partial charge on any atom is 0.164 e. The van der Waals surface area contributed by atoms with E-state index < -0.39 is 0 Å². The van der Waals surface area contributed by atoms with Crippen molar-refractivity contribution >= 4 is 5.78 Å². The molecule has 1 aromatic rings. The topological polar surface area (TPSA) is 34.9 Å². The highest BCUT2D eigenvalue weighted by molar-refractivity contribution is 5.96. The normalized spacial score (nSPS) is 15.6. The van der Waals surface area contributed by atoms with Crippen molar-refractivity contribution in [2.75, 3.05) is 0 Å². The Labute approximate surface area is 83.4 Å². The minimum atomic E-state index is 0.237. The van der Waals surface area contributed by atoms with Crippen molar-refractivity contribution in [1.29, 1.82) is 0 Å². The minimum Gasteiger partial charge on any atom is -0.294 e. The molecular formula is C11H14N2O. The summed E-state index contributed by atoms with van der Waals surface area (Å²) in [5, 5.41) is 4.19. The van der Waals surface area contributed by atoms with Gasteiger partial charge in [0, 0.05) is 13.2 Å². The monoisotopic (exact) mass is 190 g/mol.